The molecule has 0 spiro atoms. The predicted octanol–water partition coefficient (Wildman–Crippen LogP) is 4.10. The maximum atomic E-state index is 12.5. The van der Waals surface area contributed by atoms with Gasteiger partial charge in [-0.3, -0.25) is 10.1 Å². The van der Waals surface area contributed by atoms with Crippen LogP contribution in [0.25, 0.3) is 10.1 Å². The number of thiazole rings is 1. The van der Waals surface area contributed by atoms with E-state index in [0.29, 0.717) is 16.6 Å². The van der Waals surface area contributed by atoms with Gasteiger partial charge in [0.2, 0.25) is 0 Å². The Kier molecular flexibility index (Phi) is 4.40. The average Bonchev–Trinajstić information content (AvgIpc) is 3.13. The zero-order valence-electron chi connectivity index (χ0n) is 12.6. The Morgan fingerprint density at radius 3 is 2.83 bits per heavy atom. The summed E-state index contributed by atoms with van der Waals surface area (Å²) in [6, 6.07) is 7.90. The largest absolute Gasteiger partial charge is 0.461 e. The van der Waals surface area contributed by atoms with Gasteiger partial charge >= 0.3 is 5.97 Å². The summed E-state index contributed by atoms with van der Waals surface area (Å²) in [6.07, 6.45) is 0. The Morgan fingerprint density at radius 1 is 1.30 bits per heavy atom. The van der Waals surface area contributed by atoms with Crippen LogP contribution in [-0.2, 0) is 4.74 Å². The first kappa shape index (κ1) is 15.6. The lowest BCUT2D eigenvalue weighted by molar-refractivity contribution is 0.0520. The second-order valence-electron chi connectivity index (χ2n) is 4.76. The van der Waals surface area contributed by atoms with Crippen LogP contribution >= 0.6 is 22.7 Å². The van der Waals surface area contributed by atoms with Crippen molar-refractivity contribution in [3.8, 4) is 0 Å². The van der Waals surface area contributed by atoms with Crippen LogP contribution in [0, 0.1) is 6.92 Å². The molecule has 1 aromatic carbocycles. The molecule has 1 amide bonds. The first-order valence-corrected chi connectivity index (χ1v) is 8.72. The molecule has 0 aliphatic carbocycles. The van der Waals surface area contributed by atoms with Crippen molar-refractivity contribution < 1.29 is 14.3 Å². The Hall–Kier alpha value is -2.25. The summed E-state index contributed by atoms with van der Waals surface area (Å²) in [5, 5.41) is 5.79. The fourth-order valence-electron chi connectivity index (χ4n) is 2.17. The lowest BCUT2D eigenvalue weighted by Gasteiger charge is -2.00. The number of nitrogens with one attached hydrogen (secondary N) is 1. The number of rotatable bonds is 4. The molecular weight excluding hydrogens is 332 g/mol. The Labute approximate surface area is 140 Å². The van der Waals surface area contributed by atoms with Gasteiger partial charge < -0.3 is 4.74 Å². The number of aryl methyl sites for hydroxylation is 1. The van der Waals surface area contributed by atoms with Crippen LogP contribution in [-0.4, -0.2) is 23.5 Å². The highest BCUT2D eigenvalue weighted by Crippen LogP contribution is 2.31. The zero-order chi connectivity index (χ0) is 16.4. The van der Waals surface area contributed by atoms with E-state index in [4.69, 9.17) is 4.74 Å². The molecule has 0 bridgehead atoms. The van der Waals surface area contributed by atoms with Crippen molar-refractivity contribution in [3.05, 3.63) is 45.8 Å². The minimum Gasteiger partial charge on any atom is -0.461 e. The number of carbonyl (C=O) groups excluding carboxylic acids is 2. The van der Waals surface area contributed by atoms with Crippen LogP contribution in [0.2, 0.25) is 0 Å². The molecule has 0 aliphatic rings. The first-order valence-electron chi connectivity index (χ1n) is 7.02. The third-order valence-corrected chi connectivity index (χ3v) is 5.29. The number of nitrogens with zero attached hydrogens (tertiary/aromatic N) is 1. The van der Waals surface area contributed by atoms with Gasteiger partial charge in [0.1, 0.15) is 0 Å². The van der Waals surface area contributed by atoms with E-state index in [1.807, 2.05) is 31.2 Å². The van der Waals surface area contributed by atoms with Crippen molar-refractivity contribution in [2.45, 2.75) is 13.8 Å². The third kappa shape index (κ3) is 3.11. The molecule has 3 rings (SSSR count). The van der Waals surface area contributed by atoms with E-state index in [9.17, 15) is 9.59 Å². The fraction of sp³-hybridized carbons (Fsp3) is 0.188. The molecule has 0 unspecified atom stereocenters. The molecule has 3 aromatic rings. The molecule has 0 saturated carbocycles. The molecule has 2 heterocycles. The van der Waals surface area contributed by atoms with Gasteiger partial charge in [0.25, 0.3) is 5.91 Å². The van der Waals surface area contributed by atoms with Gasteiger partial charge in [-0.1, -0.05) is 18.2 Å². The van der Waals surface area contributed by atoms with E-state index in [2.05, 4.69) is 10.3 Å². The summed E-state index contributed by atoms with van der Waals surface area (Å²) in [4.78, 5) is 28.8. The van der Waals surface area contributed by atoms with Crippen LogP contribution in [0.4, 0.5) is 5.13 Å². The van der Waals surface area contributed by atoms with Crippen LogP contribution < -0.4 is 5.32 Å². The van der Waals surface area contributed by atoms with Crippen LogP contribution in [0.5, 0.6) is 0 Å². The predicted molar refractivity (Wildman–Crippen MR) is 92.6 cm³/mol. The highest BCUT2D eigenvalue weighted by Gasteiger charge is 2.18. The number of thiophene rings is 1. The SMILES string of the molecule is CCOC(=O)c1csc(NC(=O)c2sc3ccccc3c2C)n1. The monoisotopic (exact) mass is 346 g/mol. The number of aromatic nitrogens is 1. The molecule has 0 fully saturated rings. The molecule has 7 heteroatoms. The normalized spacial score (nSPS) is 10.7. The van der Waals surface area contributed by atoms with Crippen molar-refractivity contribution in [1.29, 1.82) is 0 Å². The number of benzene rings is 1. The van der Waals surface area contributed by atoms with Crippen LogP contribution in [0.3, 0.4) is 0 Å². The van der Waals surface area contributed by atoms with Crippen LogP contribution in [0.15, 0.2) is 29.6 Å². The van der Waals surface area contributed by atoms with Crippen molar-refractivity contribution in [1.82, 2.24) is 4.98 Å². The standard InChI is InChI=1S/C16H14N2O3S2/c1-3-21-15(20)11-8-22-16(17-11)18-14(19)13-9(2)10-6-4-5-7-12(10)23-13/h4-8H,3H2,1-2H3,(H,17,18,19). The number of ether oxygens (including phenoxy) is 1. The summed E-state index contributed by atoms with van der Waals surface area (Å²) in [5.41, 5.74) is 1.16. The van der Waals surface area contributed by atoms with Gasteiger partial charge in [-0.25, -0.2) is 9.78 Å². The smallest absolute Gasteiger partial charge is 0.357 e. The topological polar surface area (TPSA) is 68.3 Å². The van der Waals surface area contributed by atoms with E-state index in [1.54, 1.807) is 12.3 Å². The van der Waals surface area contributed by atoms with Gasteiger partial charge in [-0.2, -0.15) is 0 Å². The average molecular weight is 346 g/mol. The van der Waals surface area contributed by atoms with E-state index in [0.717, 1.165) is 15.6 Å². The number of esters is 1. The molecule has 2 aromatic heterocycles. The maximum Gasteiger partial charge on any atom is 0.357 e. The molecule has 0 radical (unpaired) electrons. The number of fused-ring (bicyclic) bond motifs is 1. The third-order valence-electron chi connectivity index (χ3n) is 3.26. The number of anilines is 1. The maximum absolute atomic E-state index is 12.5. The van der Waals surface area contributed by atoms with Crippen molar-refractivity contribution in [3.63, 3.8) is 0 Å². The number of hydrogen-bond donors (Lipinski definition) is 1. The number of hydrogen-bond acceptors (Lipinski definition) is 6. The molecule has 23 heavy (non-hydrogen) atoms. The second kappa shape index (κ2) is 6.47. The molecule has 0 atom stereocenters. The lowest BCUT2D eigenvalue weighted by atomic mass is 10.1. The quantitative estimate of drug-likeness (QED) is 0.722. The van der Waals surface area contributed by atoms with E-state index in [1.165, 1.54) is 22.7 Å². The second-order valence-corrected chi connectivity index (χ2v) is 6.68. The van der Waals surface area contributed by atoms with Crippen molar-refractivity contribution in [2.24, 2.45) is 0 Å². The minimum absolute atomic E-state index is 0.209. The molecular formula is C16H14N2O3S2. The fourth-order valence-corrected chi connectivity index (χ4v) is 3.95. The Morgan fingerprint density at radius 2 is 2.09 bits per heavy atom. The van der Waals surface area contributed by atoms with Gasteiger partial charge in [0, 0.05) is 10.1 Å². The summed E-state index contributed by atoms with van der Waals surface area (Å²) < 4.78 is 5.96. The molecule has 1 N–H and O–H groups in total. The zero-order valence-corrected chi connectivity index (χ0v) is 14.2. The molecule has 5 nitrogen and oxygen atoms in total. The van der Waals surface area contributed by atoms with Crippen molar-refractivity contribution in [2.75, 3.05) is 11.9 Å². The summed E-state index contributed by atoms with van der Waals surface area (Å²) >= 11 is 2.65. The number of carbonyl (C=O) groups is 2. The van der Waals surface area contributed by atoms with E-state index >= 15 is 0 Å². The van der Waals surface area contributed by atoms with Crippen molar-refractivity contribution >= 4 is 49.8 Å². The highest BCUT2D eigenvalue weighted by atomic mass is 32.1. The molecule has 118 valence electrons. The van der Waals surface area contributed by atoms with Gasteiger partial charge in [0.15, 0.2) is 10.8 Å². The first-order chi connectivity index (χ1) is 11.1. The van der Waals surface area contributed by atoms with Gasteiger partial charge in [0.05, 0.1) is 11.5 Å². The summed E-state index contributed by atoms with van der Waals surface area (Å²) in [5.74, 6) is -0.698. The van der Waals surface area contributed by atoms with Gasteiger partial charge in [-0.05, 0) is 30.9 Å². The lowest BCUT2D eigenvalue weighted by Crippen LogP contribution is -2.12. The highest BCUT2D eigenvalue weighted by molar-refractivity contribution is 7.21. The van der Waals surface area contributed by atoms with Gasteiger partial charge in [-0.15, -0.1) is 22.7 Å². The summed E-state index contributed by atoms with van der Waals surface area (Å²) in [7, 11) is 0. The Bertz CT molecular complexity index is 882. The Balaban J connectivity index is 1.81. The molecule has 0 aliphatic heterocycles. The van der Waals surface area contributed by atoms with E-state index < -0.39 is 5.97 Å². The minimum atomic E-state index is -0.484. The number of amides is 1. The molecule has 0 saturated heterocycles. The van der Waals surface area contributed by atoms with E-state index in [-0.39, 0.29) is 11.6 Å². The van der Waals surface area contributed by atoms with Crippen LogP contribution in [0.1, 0.15) is 32.6 Å². The summed E-state index contributed by atoms with van der Waals surface area (Å²) in [6.45, 7) is 3.95.